The van der Waals surface area contributed by atoms with Gasteiger partial charge in [0.1, 0.15) is 0 Å². The lowest BCUT2D eigenvalue weighted by atomic mass is 10.2. The number of carbonyl (C=O) groups excluding carboxylic acids is 1. The van der Waals surface area contributed by atoms with Gasteiger partial charge in [0.25, 0.3) is 0 Å². The highest BCUT2D eigenvalue weighted by molar-refractivity contribution is 5.75. The highest BCUT2D eigenvalue weighted by Gasteiger charge is 2.28. The van der Waals surface area contributed by atoms with E-state index in [1.807, 2.05) is 18.7 Å². The van der Waals surface area contributed by atoms with Crippen LogP contribution in [0.2, 0.25) is 0 Å². The fourth-order valence-electron chi connectivity index (χ4n) is 2.27. The molecular weight excluding hydrogens is 232 g/mol. The van der Waals surface area contributed by atoms with Crippen molar-refractivity contribution < 1.29 is 14.7 Å². The van der Waals surface area contributed by atoms with E-state index in [1.54, 1.807) is 4.90 Å². The zero-order valence-corrected chi connectivity index (χ0v) is 11.6. The van der Waals surface area contributed by atoms with Crippen molar-refractivity contribution in [2.75, 3.05) is 19.6 Å². The van der Waals surface area contributed by atoms with Gasteiger partial charge in [-0.15, -0.1) is 0 Å². The van der Waals surface area contributed by atoms with Gasteiger partial charge in [0.05, 0.1) is 0 Å². The Morgan fingerprint density at radius 2 is 2.11 bits per heavy atom. The minimum absolute atomic E-state index is 0.0553. The van der Waals surface area contributed by atoms with Gasteiger partial charge in [0.2, 0.25) is 0 Å². The van der Waals surface area contributed by atoms with Crippen molar-refractivity contribution in [3.05, 3.63) is 0 Å². The van der Waals surface area contributed by atoms with Crippen LogP contribution in [0.5, 0.6) is 0 Å². The van der Waals surface area contributed by atoms with Gasteiger partial charge in [-0.1, -0.05) is 6.92 Å². The van der Waals surface area contributed by atoms with Crippen LogP contribution in [0.15, 0.2) is 0 Å². The molecule has 1 saturated heterocycles. The summed E-state index contributed by atoms with van der Waals surface area (Å²) < 4.78 is 0. The topological polar surface area (TPSA) is 60.9 Å². The highest BCUT2D eigenvalue weighted by Crippen LogP contribution is 2.18. The second-order valence-corrected chi connectivity index (χ2v) is 5.41. The normalized spacial score (nSPS) is 19.3. The number of carboxylic acids is 1. The fourth-order valence-corrected chi connectivity index (χ4v) is 2.27. The third-order valence-electron chi connectivity index (χ3n) is 3.35. The Kier molecular flexibility index (Phi) is 5.44. The zero-order valence-electron chi connectivity index (χ0n) is 11.6. The average molecular weight is 256 g/mol. The SMILES string of the molecule is CC1CCN(C(=O)N(CCCC(=O)O)C(C)C)C1. The number of nitrogens with zero attached hydrogens (tertiary/aromatic N) is 2. The predicted octanol–water partition coefficient (Wildman–Crippen LogP) is 2.02. The maximum Gasteiger partial charge on any atom is 0.320 e. The summed E-state index contributed by atoms with van der Waals surface area (Å²) in [6.07, 6.45) is 1.70. The molecule has 0 aromatic carbocycles. The fraction of sp³-hybridized carbons (Fsp3) is 0.846. The standard InChI is InChI=1S/C13H24N2O3/c1-10(2)15(7-4-5-12(16)17)13(18)14-8-6-11(3)9-14/h10-11H,4-9H2,1-3H3,(H,16,17). The minimum atomic E-state index is -0.805. The summed E-state index contributed by atoms with van der Waals surface area (Å²) in [5, 5.41) is 8.64. The molecule has 1 aliphatic heterocycles. The van der Waals surface area contributed by atoms with Crippen LogP contribution in [0, 0.1) is 5.92 Å². The summed E-state index contributed by atoms with van der Waals surface area (Å²) in [6.45, 7) is 8.25. The molecule has 0 radical (unpaired) electrons. The quantitative estimate of drug-likeness (QED) is 0.818. The molecule has 1 heterocycles. The molecule has 1 N–H and O–H groups in total. The molecule has 1 aliphatic rings. The van der Waals surface area contributed by atoms with Crippen LogP contribution in [-0.2, 0) is 4.79 Å². The first-order valence-electron chi connectivity index (χ1n) is 6.69. The number of amides is 2. The molecule has 0 aliphatic carbocycles. The molecule has 1 rings (SSSR count). The lowest BCUT2D eigenvalue weighted by Gasteiger charge is -2.31. The highest BCUT2D eigenvalue weighted by atomic mass is 16.4. The first-order valence-corrected chi connectivity index (χ1v) is 6.69. The van der Waals surface area contributed by atoms with Gasteiger partial charge in [-0.2, -0.15) is 0 Å². The van der Waals surface area contributed by atoms with Gasteiger partial charge >= 0.3 is 12.0 Å². The third-order valence-corrected chi connectivity index (χ3v) is 3.35. The molecule has 5 heteroatoms. The Balaban J connectivity index is 2.50. The van der Waals surface area contributed by atoms with Crippen molar-refractivity contribution in [2.45, 2.75) is 46.1 Å². The number of urea groups is 1. The monoisotopic (exact) mass is 256 g/mol. The maximum absolute atomic E-state index is 12.3. The zero-order chi connectivity index (χ0) is 13.7. The predicted molar refractivity (Wildman–Crippen MR) is 69.5 cm³/mol. The summed E-state index contributed by atoms with van der Waals surface area (Å²) >= 11 is 0. The Labute approximate surface area is 109 Å². The molecule has 5 nitrogen and oxygen atoms in total. The number of aliphatic carboxylic acids is 1. The average Bonchev–Trinajstić information content (AvgIpc) is 2.69. The van der Waals surface area contributed by atoms with E-state index >= 15 is 0 Å². The number of hydrogen-bond donors (Lipinski definition) is 1. The smallest absolute Gasteiger partial charge is 0.320 e. The third kappa shape index (κ3) is 4.20. The maximum atomic E-state index is 12.3. The van der Waals surface area contributed by atoms with Crippen LogP contribution in [0.3, 0.4) is 0 Å². The summed E-state index contributed by atoms with van der Waals surface area (Å²) in [4.78, 5) is 26.5. The van der Waals surface area contributed by atoms with Gasteiger partial charge in [-0.25, -0.2) is 4.79 Å². The van der Waals surface area contributed by atoms with Crippen molar-refractivity contribution in [1.82, 2.24) is 9.80 Å². The van der Waals surface area contributed by atoms with Crippen LogP contribution in [0.1, 0.15) is 40.0 Å². The first kappa shape index (κ1) is 14.8. The van der Waals surface area contributed by atoms with Gasteiger partial charge in [-0.3, -0.25) is 4.79 Å². The lowest BCUT2D eigenvalue weighted by Crippen LogP contribution is -2.46. The summed E-state index contributed by atoms with van der Waals surface area (Å²) in [5.41, 5.74) is 0. The van der Waals surface area contributed by atoms with Crippen molar-refractivity contribution in [2.24, 2.45) is 5.92 Å². The molecule has 2 amide bonds. The van der Waals surface area contributed by atoms with Crippen LogP contribution in [0.25, 0.3) is 0 Å². The number of likely N-dealkylation sites (tertiary alicyclic amines) is 1. The molecule has 0 spiro atoms. The van der Waals surface area contributed by atoms with Crippen molar-refractivity contribution in [3.8, 4) is 0 Å². The largest absolute Gasteiger partial charge is 0.481 e. The second-order valence-electron chi connectivity index (χ2n) is 5.41. The Bertz CT molecular complexity index is 305. The Hall–Kier alpha value is -1.26. The van der Waals surface area contributed by atoms with E-state index in [1.165, 1.54) is 0 Å². The van der Waals surface area contributed by atoms with E-state index in [0.717, 1.165) is 19.5 Å². The van der Waals surface area contributed by atoms with Crippen LogP contribution < -0.4 is 0 Å². The molecule has 0 saturated carbocycles. The summed E-state index contributed by atoms with van der Waals surface area (Å²) in [6, 6.07) is 0.168. The molecule has 0 aromatic heterocycles. The number of carboxylic acid groups (broad SMARTS) is 1. The number of carbonyl (C=O) groups is 2. The molecule has 1 unspecified atom stereocenters. The van der Waals surface area contributed by atoms with E-state index < -0.39 is 5.97 Å². The van der Waals surface area contributed by atoms with Crippen LogP contribution in [0.4, 0.5) is 4.79 Å². The van der Waals surface area contributed by atoms with Crippen LogP contribution >= 0.6 is 0 Å². The van der Waals surface area contributed by atoms with E-state index in [-0.39, 0.29) is 18.5 Å². The first-order chi connectivity index (χ1) is 8.41. The number of hydrogen-bond acceptors (Lipinski definition) is 2. The summed E-state index contributed by atoms with van der Waals surface area (Å²) in [5.74, 6) is -0.233. The lowest BCUT2D eigenvalue weighted by molar-refractivity contribution is -0.137. The van der Waals surface area contributed by atoms with Crippen molar-refractivity contribution >= 4 is 12.0 Å². The van der Waals surface area contributed by atoms with Crippen LogP contribution in [-0.4, -0.2) is 52.6 Å². The van der Waals surface area contributed by atoms with E-state index in [4.69, 9.17) is 5.11 Å². The Morgan fingerprint density at radius 1 is 1.44 bits per heavy atom. The summed E-state index contributed by atoms with van der Waals surface area (Å²) in [7, 11) is 0. The second kappa shape index (κ2) is 6.61. The van der Waals surface area contributed by atoms with E-state index in [9.17, 15) is 9.59 Å². The van der Waals surface area contributed by atoms with Gasteiger partial charge in [0.15, 0.2) is 0 Å². The van der Waals surface area contributed by atoms with Gasteiger partial charge in [0, 0.05) is 32.1 Å². The Morgan fingerprint density at radius 3 is 2.56 bits per heavy atom. The van der Waals surface area contributed by atoms with E-state index in [0.29, 0.717) is 18.9 Å². The molecule has 18 heavy (non-hydrogen) atoms. The van der Waals surface area contributed by atoms with Gasteiger partial charge < -0.3 is 14.9 Å². The molecule has 0 bridgehead atoms. The van der Waals surface area contributed by atoms with Crippen molar-refractivity contribution in [3.63, 3.8) is 0 Å². The van der Waals surface area contributed by atoms with E-state index in [2.05, 4.69) is 6.92 Å². The molecule has 1 atom stereocenters. The molecular formula is C13H24N2O3. The number of rotatable bonds is 5. The molecule has 1 fully saturated rings. The van der Waals surface area contributed by atoms with Crippen molar-refractivity contribution in [1.29, 1.82) is 0 Å². The molecule has 104 valence electrons. The minimum Gasteiger partial charge on any atom is -0.481 e. The van der Waals surface area contributed by atoms with Gasteiger partial charge in [-0.05, 0) is 32.6 Å². The molecule has 0 aromatic rings.